The lowest BCUT2D eigenvalue weighted by Crippen LogP contribution is -2.25. The highest BCUT2D eigenvalue weighted by molar-refractivity contribution is 5.32. The summed E-state index contributed by atoms with van der Waals surface area (Å²) in [6.07, 6.45) is 3.65. The monoisotopic (exact) mass is 343 g/mol. The van der Waals surface area contributed by atoms with Crippen LogP contribution in [-0.2, 0) is 20.6 Å². The fourth-order valence-corrected chi connectivity index (χ4v) is 3.01. The van der Waals surface area contributed by atoms with Gasteiger partial charge in [0.1, 0.15) is 11.6 Å². The van der Waals surface area contributed by atoms with Gasteiger partial charge < -0.3 is 9.30 Å². The number of aryl methyl sites for hydroxylation is 3. The number of nitrogens with one attached hydrogen (secondary N) is 1. The van der Waals surface area contributed by atoms with Crippen LogP contribution in [0.15, 0.2) is 36.7 Å². The Morgan fingerprint density at radius 3 is 2.56 bits per heavy atom. The molecule has 0 unspecified atom stereocenters. The Balaban J connectivity index is 1.91. The summed E-state index contributed by atoms with van der Waals surface area (Å²) < 4.78 is 22.4. The molecule has 1 N–H and O–H groups in total. The predicted octanol–water partition coefficient (Wildman–Crippen LogP) is 2.49. The first kappa shape index (κ1) is 17.2. The molecule has 0 aliphatic carbocycles. The van der Waals surface area contributed by atoms with Crippen molar-refractivity contribution in [2.75, 3.05) is 7.11 Å². The highest BCUT2D eigenvalue weighted by Gasteiger charge is 2.21. The number of halogens is 1. The standard InChI is InChI=1S/C18H22FN5O/c1-12-15(18(25-4)24(3)22-12)11-21-16(17-20-9-10-23(17)2)13-5-7-14(19)8-6-13/h5-10,16,21H,11H2,1-4H3/t16-/m0/s1. The third-order valence-corrected chi connectivity index (χ3v) is 4.29. The highest BCUT2D eigenvalue weighted by atomic mass is 19.1. The third kappa shape index (κ3) is 3.41. The lowest BCUT2D eigenvalue weighted by molar-refractivity contribution is 0.367. The fourth-order valence-electron chi connectivity index (χ4n) is 3.01. The molecule has 0 spiro atoms. The van der Waals surface area contributed by atoms with E-state index in [1.807, 2.05) is 31.8 Å². The number of hydrogen-bond acceptors (Lipinski definition) is 4. The van der Waals surface area contributed by atoms with Gasteiger partial charge in [-0.05, 0) is 24.6 Å². The Kier molecular flexibility index (Phi) is 4.85. The molecule has 3 aromatic rings. The van der Waals surface area contributed by atoms with Crippen LogP contribution in [0.3, 0.4) is 0 Å². The number of hydrogen-bond donors (Lipinski definition) is 1. The summed E-state index contributed by atoms with van der Waals surface area (Å²) in [6, 6.07) is 6.29. The van der Waals surface area contributed by atoms with Crippen molar-refractivity contribution in [2.24, 2.45) is 14.1 Å². The van der Waals surface area contributed by atoms with Crippen molar-refractivity contribution in [3.8, 4) is 5.88 Å². The zero-order chi connectivity index (χ0) is 18.0. The Bertz CT molecular complexity index is 853. The summed E-state index contributed by atoms with van der Waals surface area (Å²) in [6.45, 7) is 2.50. The number of ether oxygens (including phenoxy) is 1. The van der Waals surface area contributed by atoms with E-state index in [2.05, 4.69) is 15.4 Å². The van der Waals surface area contributed by atoms with Crippen LogP contribution in [0.2, 0.25) is 0 Å². The Morgan fingerprint density at radius 2 is 1.96 bits per heavy atom. The van der Waals surface area contributed by atoms with Crippen LogP contribution >= 0.6 is 0 Å². The summed E-state index contributed by atoms with van der Waals surface area (Å²) >= 11 is 0. The maximum atomic E-state index is 13.3. The minimum absolute atomic E-state index is 0.176. The predicted molar refractivity (Wildman–Crippen MR) is 92.8 cm³/mol. The normalized spacial score (nSPS) is 12.4. The molecule has 0 saturated carbocycles. The average Bonchev–Trinajstić information content (AvgIpc) is 3.12. The van der Waals surface area contributed by atoms with Crippen molar-refractivity contribution in [1.29, 1.82) is 0 Å². The van der Waals surface area contributed by atoms with Gasteiger partial charge in [-0.15, -0.1) is 0 Å². The second-order valence-corrected chi connectivity index (χ2v) is 5.96. The van der Waals surface area contributed by atoms with E-state index in [1.165, 1.54) is 12.1 Å². The molecule has 2 aromatic heterocycles. The van der Waals surface area contributed by atoms with E-state index in [1.54, 1.807) is 30.1 Å². The van der Waals surface area contributed by atoms with Crippen LogP contribution in [0.4, 0.5) is 4.39 Å². The minimum atomic E-state index is -0.257. The van der Waals surface area contributed by atoms with E-state index in [9.17, 15) is 4.39 Å². The van der Waals surface area contributed by atoms with E-state index in [-0.39, 0.29) is 11.9 Å². The zero-order valence-corrected chi connectivity index (χ0v) is 14.8. The Hall–Kier alpha value is -2.67. The number of aromatic nitrogens is 4. The number of rotatable bonds is 6. The smallest absolute Gasteiger partial charge is 0.216 e. The molecule has 0 saturated heterocycles. The number of imidazole rings is 1. The molecule has 1 atom stereocenters. The molecular weight excluding hydrogens is 321 g/mol. The molecule has 0 radical (unpaired) electrons. The highest BCUT2D eigenvalue weighted by Crippen LogP contribution is 2.25. The van der Waals surface area contributed by atoms with Crippen molar-refractivity contribution in [3.63, 3.8) is 0 Å². The quantitative estimate of drug-likeness (QED) is 0.747. The average molecular weight is 343 g/mol. The van der Waals surface area contributed by atoms with Crippen molar-refractivity contribution in [1.82, 2.24) is 24.6 Å². The molecule has 3 rings (SSSR count). The molecular formula is C18H22FN5O. The molecule has 2 heterocycles. The van der Waals surface area contributed by atoms with Gasteiger partial charge in [-0.1, -0.05) is 12.1 Å². The van der Waals surface area contributed by atoms with Gasteiger partial charge in [0.15, 0.2) is 0 Å². The van der Waals surface area contributed by atoms with Crippen LogP contribution in [0.1, 0.15) is 28.7 Å². The first-order valence-electron chi connectivity index (χ1n) is 8.03. The van der Waals surface area contributed by atoms with Gasteiger partial charge in [0.2, 0.25) is 5.88 Å². The SMILES string of the molecule is COc1c(CN[C@@H](c2ccc(F)cc2)c2nccn2C)c(C)nn1C. The van der Waals surface area contributed by atoms with E-state index in [4.69, 9.17) is 4.74 Å². The number of nitrogens with zero attached hydrogens (tertiary/aromatic N) is 4. The molecule has 0 aliphatic heterocycles. The molecule has 0 bridgehead atoms. The minimum Gasteiger partial charge on any atom is -0.481 e. The second kappa shape index (κ2) is 7.06. The first-order chi connectivity index (χ1) is 12.0. The summed E-state index contributed by atoms with van der Waals surface area (Å²) in [4.78, 5) is 4.45. The van der Waals surface area contributed by atoms with Gasteiger partial charge in [0.25, 0.3) is 0 Å². The van der Waals surface area contributed by atoms with Crippen molar-refractivity contribution >= 4 is 0 Å². The first-order valence-corrected chi connectivity index (χ1v) is 8.03. The molecule has 7 heteroatoms. The summed E-state index contributed by atoms with van der Waals surface area (Å²) in [7, 11) is 5.43. The zero-order valence-electron chi connectivity index (χ0n) is 14.8. The van der Waals surface area contributed by atoms with E-state index in [0.717, 1.165) is 28.5 Å². The summed E-state index contributed by atoms with van der Waals surface area (Å²) in [5, 5.41) is 7.91. The summed E-state index contributed by atoms with van der Waals surface area (Å²) in [5.41, 5.74) is 2.84. The van der Waals surface area contributed by atoms with E-state index < -0.39 is 0 Å². The van der Waals surface area contributed by atoms with Gasteiger partial charge in [-0.3, -0.25) is 5.32 Å². The molecule has 1 aromatic carbocycles. The van der Waals surface area contributed by atoms with Crippen LogP contribution < -0.4 is 10.1 Å². The van der Waals surface area contributed by atoms with Gasteiger partial charge in [0.05, 0.1) is 24.4 Å². The van der Waals surface area contributed by atoms with E-state index in [0.29, 0.717) is 6.54 Å². The van der Waals surface area contributed by atoms with Crippen LogP contribution in [0.25, 0.3) is 0 Å². The third-order valence-electron chi connectivity index (χ3n) is 4.29. The fraction of sp³-hybridized carbons (Fsp3) is 0.333. The maximum absolute atomic E-state index is 13.3. The molecule has 25 heavy (non-hydrogen) atoms. The Morgan fingerprint density at radius 1 is 1.24 bits per heavy atom. The van der Waals surface area contributed by atoms with Crippen LogP contribution in [0, 0.1) is 12.7 Å². The topological polar surface area (TPSA) is 56.9 Å². The largest absolute Gasteiger partial charge is 0.481 e. The van der Waals surface area contributed by atoms with Crippen LogP contribution in [0.5, 0.6) is 5.88 Å². The lowest BCUT2D eigenvalue weighted by atomic mass is 10.1. The number of benzene rings is 1. The molecule has 0 aliphatic rings. The summed E-state index contributed by atoms with van der Waals surface area (Å²) in [5.74, 6) is 1.32. The van der Waals surface area contributed by atoms with Crippen LogP contribution in [-0.4, -0.2) is 26.4 Å². The van der Waals surface area contributed by atoms with Gasteiger partial charge in [0, 0.05) is 33.0 Å². The van der Waals surface area contributed by atoms with Gasteiger partial charge in [-0.2, -0.15) is 5.10 Å². The van der Waals surface area contributed by atoms with Crippen molar-refractivity contribution in [2.45, 2.75) is 19.5 Å². The maximum Gasteiger partial charge on any atom is 0.216 e. The Labute approximate surface area is 146 Å². The van der Waals surface area contributed by atoms with E-state index >= 15 is 0 Å². The molecule has 6 nitrogen and oxygen atoms in total. The number of methoxy groups -OCH3 is 1. The lowest BCUT2D eigenvalue weighted by Gasteiger charge is -2.19. The molecule has 0 amide bonds. The van der Waals surface area contributed by atoms with Gasteiger partial charge >= 0.3 is 0 Å². The van der Waals surface area contributed by atoms with Crippen molar-refractivity contribution < 1.29 is 9.13 Å². The van der Waals surface area contributed by atoms with Gasteiger partial charge in [-0.25, -0.2) is 14.1 Å². The molecule has 0 fully saturated rings. The second-order valence-electron chi connectivity index (χ2n) is 5.96. The van der Waals surface area contributed by atoms with Crippen molar-refractivity contribution in [3.05, 3.63) is 65.1 Å². The molecule has 132 valence electrons.